The topological polar surface area (TPSA) is 46.9 Å². The lowest BCUT2D eigenvalue weighted by atomic mass is 9.95. The maximum absolute atomic E-state index is 13.2. The lowest BCUT2D eigenvalue weighted by Gasteiger charge is -2.19. The van der Waals surface area contributed by atoms with Crippen LogP contribution in [0.5, 0.6) is 0 Å². The summed E-state index contributed by atoms with van der Waals surface area (Å²) in [7, 11) is 0. The van der Waals surface area contributed by atoms with Gasteiger partial charge in [0, 0.05) is 5.92 Å². The van der Waals surface area contributed by atoms with Crippen LogP contribution in [0.2, 0.25) is 5.02 Å². The molecule has 2 unspecified atom stereocenters. The summed E-state index contributed by atoms with van der Waals surface area (Å²) in [5, 5.41) is 6.17. The minimum absolute atomic E-state index is 0.0658. The largest absolute Gasteiger partial charge is 0.436 e. The molecule has 1 N–H and O–H groups in total. The number of carbonyl (C=O) groups excluding carboxylic acids is 1. The molecule has 4 nitrogen and oxygen atoms in total. The van der Waals surface area contributed by atoms with E-state index in [1.807, 2.05) is 19.1 Å². The first-order valence-electron chi connectivity index (χ1n) is 10.4. The Morgan fingerprint density at radius 3 is 2.30 bits per heavy atom. The molecule has 30 heavy (non-hydrogen) atoms. The number of alkyl halides is 3. The van der Waals surface area contributed by atoms with Crippen molar-refractivity contribution < 1.29 is 18.0 Å². The molecule has 1 aromatic carbocycles. The molecule has 0 spiro atoms. The normalized spacial score (nSPS) is 16.4. The minimum atomic E-state index is -4.65. The van der Waals surface area contributed by atoms with E-state index < -0.39 is 11.9 Å². The first-order chi connectivity index (χ1) is 14.2. The van der Waals surface area contributed by atoms with E-state index >= 15 is 0 Å². The van der Waals surface area contributed by atoms with Crippen LogP contribution >= 0.6 is 11.6 Å². The summed E-state index contributed by atoms with van der Waals surface area (Å²) in [6, 6.07) is 7.90. The average Bonchev–Trinajstić information content (AvgIpc) is 3.48. The van der Waals surface area contributed by atoms with E-state index in [9.17, 15) is 18.0 Å². The molecular weight excluding hydrogens is 415 g/mol. The fourth-order valence-electron chi connectivity index (χ4n) is 3.59. The second-order valence-corrected chi connectivity index (χ2v) is 8.36. The van der Waals surface area contributed by atoms with E-state index in [1.54, 1.807) is 0 Å². The summed E-state index contributed by atoms with van der Waals surface area (Å²) < 4.78 is 40.7. The van der Waals surface area contributed by atoms with Gasteiger partial charge >= 0.3 is 6.18 Å². The first-order valence-corrected chi connectivity index (χ1v) is 10.8. The number of aromatic nitrogens is 2. The van der Waals surface area contributed by atoms with Gasteiger partial charge in [-0.1, -0.05) is 56.6 Å². The van der Waals surface area contributed by atoms with Crippen molar-refractivity contribution in [2.24, 2.45) is 0 Å². The standard InChI is InChI=1S/C22H27ClF3N3O/c1-4-13(3)14-6-8-15(9-7-14)17(5-2)27-18(30)12-29-20(16-10-11-16)19(23)21(28-29)22(24,25)26/h6-9,13,16-17H,4-5,10-12H2,1-3H3,(H,27,30). The quantitative estimate of drug-likeness (QED) is 0.529. The van der Waals surface area contributed by atoms with Gasteiger partial charge in [-0.15, -0.1) is 0 Å². The van der Waals surface area contributed by atoms with Crippen LogP contribution < -0.4 is 5.32 Å². The van der Waals surface area contributed by atoms with Crippen molar-refractivity contribution in [3.05, 3.63) is 51.8 Å². The van der Waals surface area contributed by atoms with Crippen LogP contribution in [0.4, 0.5) is 13.2 Å². The monoisotopic (exact) mass is 441 g/mol. The lowest BCUT2D eigenvalue weighted by molar-refractivity contribution is -0.141. The van der Waals surface area contributed by atoms with Crippen molar-refractivity contribution >= 4 is 17.5 Å². The van der Waals surface area contributed by atoms with Crippen LogP contribution in [-0.2, 0) is 17.5 Å². The Morgan fingerprint density at radius 2 is 1.80 bits per heavy atom. The summed E-state index contributed by atoms with van der Waals surface area (Å²) in [4.78, 5) is 12.6. The van der Waals surface area contributed by atoms with Crippen molar-refractivity contribution in [2.45, 2.75) is 77.1 Å². The Balaban J connectivity index is 1.74. The van der Waals surface area contributed by atoms with Crippen LogP contribution in [0.25, 0.3) is 0 Å². The van der Waals surface area contributed by atoms with Crippen LogP contribution in [0.1, 0.15) is 86.8 Å². The van der Waals surface area contributed by atoms with Gasteiger partial charge in [0.15, 0.2) is 5.69 Å². The summed E-state index contributed by atoms with van der Waals surface area (Å²) in [5.41, 5.74) is 1.40. The Labute approximate surface area is 179 Å². The Kier molecular flexibility index (Phi) is 6.80. The zero-order valence-electron chi connectivity index (χ0n) is 17.4. The molecular formula is C22H27ClF3N3O. The number of benzene rings is 1. The smallest absolute Gasteiger partial charge is 0.348 e. The minimum Gasteiger partial charge on any atom is -0.348 e. The zero-order chi connectivity index (χ0) is 22.1. The third-order valence-electron chi connectivity index (χ3n) is 5.72. The molecule has 1 fully saturated rings. The summed E-state index contributed by atoms with van der Waals surface area (Å²) in [6.45, 7) is 5.96. The molecule has 1 aromatic heterocycles. The molecule has 1 aliphatic carbocycles. The molecule has 3 rings (SSSR count). The third-order valence-corrected chi connectivity index (χ3v) is 6.09. The molecule has 8 heteroatoms. The van der Waals surface area contributed by atoms with Gasteiger partial charge in [-0.3, -0.25) is 9.48 Å². The van der Waals surface area contributed by atoms with Gasteiger partial charge in [0.1, 0.15) is 6.54 Å². The summed E-state index contributed by atoms with van der Waals surface area (Å²) in [6.07, 6.45) is -1.43. The number of rotatable bonds is 8. The van der Waals surface area contributed by atoms with E-state index in [0.717, 1.165) is 29.5 Å². The van der Waals surface area contributed by atoms with Crippen molar-refractivity contribution in [2.75, 3.05) is 0 Å². The first kappa shape index (κ1) is 22.7. The second kappa shape index (κ2) is 9.00. The molecule has 1 saturated carbocycles. The van der Waals surface area contributed by atoms with Crippen molar-refractivity contribution in [3.63, 3.8) is 0 Å². The maximum atomic E-state index is 13.2. The Hall–Kier alpha value is -2.02. The number of halogens is 4. The maximum Gasteiger partial charge on any atom is 0.436 e. The predicted octanol–water partition coefficient (Wildman–Crippen LogP) is 6.21. The number of amides is 1. The summed E-state index contributed by atoms with van der Waals surface area (Å²) >= 11 is 5.98. The van der Waals surface area contributed by atoms with Gasteiger partial charge in [-0.05, 0) is 42.7 Å². The molecule has 1 aliphatic rings. The average molecular weight is 442 g/mol. The van der Waals surface area contributed by atoms with Crippen molar-refractivity contribution in [1.29, 1.82) is 0 Å². The highest BCUT2D eigenvalue weighted by molar-refractivity contribution is 6.32. The summed E-state index contributed by atoms with van der Waals surface area (Å²) in [5.74, 6) is 0.00794. The van der Waals surface area contributed by atoms with Crippen molar-refractivity contribution in [3.8, 4) is 0 Å². The van der Waals surface area contributed by atoms with E-state index in [2.05, 4.69) is 36.4 Å². The van der Waals surface area contributed by atoms with Crippen LogP contribution in [-0.4, -0.2) is 15.7 Å². The van der Waals surface area contributed by atoms with E-state index in [-0.39, 0.29) is 29.4 Å². The highest BCUT2D eigenvalue weighted by Gasteiger charge is 2.42. The van der Waals surface area contributed by atoms with Crippen LogP contribution in [0, 0.1) is 0 Å². The van der Waals surface area contributed by atoms with Gasteiger partial charge < -0.3 is 5.32 Å². The third kappa shape index (κ3) is 4.99. The highest BCUT2D eigenvalue weighted by Crippen LogP contribution is 2.46. The zero-order valence-corrected chi connectivity index (χ0v) is 18.1. The predicted molar refractivity (Wildman–Crippen MR) is 111 cm³/mol. The number of hydrogen-bond acceptors (Lipinski definition) is 2. The fourth-order valence-corrected chi connectivity index (χ4v) is 3.99. The Morgan fingerprint density at radius 1 is 1.20 bits per heavy atom. The van der Waals surface area contributed by atoms with E-state index in [4.69, 9.17) is 11.6 Å². The SMILES string of the molecule is CCC(C)c1ccc(C(CC)NC(=O)Cn2nc(C(F)(F)F)c(Cl)c2C2CC2)cc1. The van der Waals surface area contributed by atoms with Gasteiger partial charge in [-0.25, -0.2) is 0 Å². The molecule has 0 aliphatic heterocycles. The molecule has 2 aromatic rings. The van der Waals surface area contributed by atoms with E-state index in [0.29, 0.717) is 18.0 Å². The molecule has 1 amide bonds. The van der Waals surface area contributed by atoms with Crippen LogP contribution in [0.15, 0.2) is 24.3 Å². The van der Waals surface area contributed by atoms with E-state index in [1.165, 1.54) is 5.56 Å². The number of nitrogens with one attached hydrogen (secondary N) is 1. The molecule has 164 valence electrons. The number of carbonyl (C=O) groups is 1. The fraction of sp³-hybridized carbons (Fsp3) is 0.545. The molecule has 1 heterocycles. The second-order valence-electron chi connectivity index (χ2n) is 7.98. The van der Waals surface area contributed by atoms with Crippen LogP contribution in [0.3, 0.4) is 0 Å². The van der Waals surface area contributed by atoms with Crippen molar-refractivity contribution in [1.82, 2.24) is 15.1 Å². The van der Waals surface area contributed by atoms with Gasteiger partial charge in [0.05, 0.1) is 16.8 Å². The Bertz CT molecular complexity index is 888. The van der Waals surface area contributed by atoms with Gasteiger partial charge in [0.2, 0.25) is 5.91 Å². The highest BCUT2D eigenvalue weighted by atomic mass is 35.5. The lowest BCUT2D eigenvalue weighted by Crippen LogP contribution is -2.32. The molecule has 0 saturated heterocycles. The molecule has 2 atom stereocenters. The number of hydrogen-bond donors (Lipinski definition) is 1. The molecule has 0 bridgehead atoms. The van der Waals surface area contributed by atoms with Gasteiger partial charge in [0.25, 0.3) is 0 Å². The molecule has 0 radical (unpaired) electrons. The number of nitrogens with zero attached hydrogens (tertiary/aromatic N) is 2. The van der Waals surface area contributed by atoms with Gasteiger partial charge in [-0.2, -0.15) is 18.3 Å².